The van der Waals surface area contributed by atoms with Gasteiger partial charge in [-0.05, 0) is 11.1 Å². The highest BCUT2D eigenvalue weighted by atomic mass is 16.7. The van der Waals surface area contributed by atoms with Gasteiger partial charge in [0.2, 0.25) is 0 Å². The van der Waals surface area contributed by atoms with E-state index < -0.39 is 11.5 Å². The Balaban J connectivity index is 1.78. The standard InChI is InChI=1S/C13H15NO4/c15-12(13(16)5-6-17-9-13)14-7-10-3-1-2-4-11(10)8-18-14/h1-4,16H,5-9H2. The number of amides is 1. The van der Waals surface area contributed by atoms with E-state index in [-0.39, 0.29) is 6.61 Å². The van der Waals surface area contributed by atoms with Crippen LogP contribution in [0.3, 0.4) is 0 Å². The number of carbonyl (C=O) groups excluding carboxylic acids is 1. The van der Waals surface area contributed by atoms with Crippen molar-refractivity contribution < 1.29 is 19.5 Å². The molecule has 96 valence electrons. The first-order chi connectivity index (χ1) is 8.69. The predicted molar refractivity (Wildman–Crippen MR) is 62.2 cm³/mol. The van der Waals surface area contributed by atoms with Crippen LogP contribution in [0.1, 0.15) is 17.5 Å². The van der Waals surface area contributed by atoms with Crippen molar-refractivity contribution in [2.24, 2.45) is 0 Å². The summed E-state index contributed by atoms with van der Waals surface area (Å²) in [6.07, 6.45) is 0.327. The number of carbonyl (C=O) groups is 1. The quantitative estimate of drug-likeness (QED) is 0.792. The van der Waals surface area contributed by atoms with Crippen molar-refractivity contribution >= 4 is 5.91 Å². The molecule has 1 fully saturated rings. The lowest BCUT2D eigenvalue weighted by Crippen LogP contribution is -2.50. The van der Waals surface area contributed by atoms with Crippen LogP contribution in [0.4, 0.5) is 0 Å². The molecule has 0 bridgehead atoms. The molecular formula is C13H15NO4. The number of fused-ring (bicyclic) bond motifs is 1. The van der Waals surface area contributed by atoms with E-state index in [0.717, 1.165) is 11.1 Å². The number of hydroxylamine groups is 2. The van der Waals surface area contributed by atoms with Gasteiger partial charge in [0, 0.05) is 6.42 Å². The van der Waals surface area contributed by atoms with Crippen molar-refractivity contribution in [3.8, 4) is 0 Å². The van der Waals surface area contributed by atoms with Crippen molar-refractivity contribution in [2.45, 2.75) is 25.2 Å². The molecule has 0 aliphatic carbocycles. The summed E-state index contributed by atoms with van der Waals surface area (Å²) in [7, 11) is 0. The van der Waals surface area contributed by atoms with Crippen LogP contribution in [0.15, 0.2) is 24.3 Å². The molecule has 0 spiro atoms. The minimum Gasteiger partial charge on any atom is -0.378 e. The summed E-state index contributed by atoms with van der Waals surface area (Å²) < 4.78 is 5.09. The van der Waals surface area contributed by atoms with Gasteiger partial charge < -0.3 is 9.84 Å². The highest BCUT2D eigenvalue weighted by Crippen LogP contribution is 2.26. The average molecular weight is 249 g/mol. The topological polar surface area (TPSA) is 59.0 Å². The minimum absolute atomic E-state index is 0.0489. The van der Waals surface area contributed by atoms with Crippen LogP contribution in [0.5, 0.6) is 0 Å². The van der Waals surface area contributed by atoms with Crippen molar-refractivity contribution in [3.05, 3.63) is 35.4 Å². The van der Waals surface area contributed by atoms with Crippen LogP contribution in [0.25, 0.3) is 0 Å². The molecule has 0 radical (unpaired) electrons. The zero-order valence-corrected chi connectivity index (χ0v) is 9.96. The fraction of sp³-hybridized carbons (Fsp3) is 0.462. The Morgan fingerprint density at radius 3 is 2.83 bits per heavy atom. The van der Waals surface area contributed by atoms with E-state index in [4.69, 9.17) is 9.57 Å². The van der Waals surface area contributed by atoms with Gasteiger partial charge >= 0.3 is 0 Å². The molecule has 0 aromatic heterocycles. The van der Waals surface area contributed by atoms with Crippen LogP contribution in [0.2, 0.25) is 0 Å². The van der Waals surface area contributed by atoms with E-state index in [9.17, 15) is 9.90 Å². The van der Waals surface area contributed by atoms with Gasteiger partial charge in [-0.3, -0.25) is 9.63 Å². The number of benzene rings is 1. The Hall–Kier alpha value is -1.43. The monoisotopic (exact) mass is 249 g/mol. The number of hydrogen-bond donors (Lipinski definition) is 1. The van der Waals surface area contributed by atoms with Crippen LogP contribution < -0.4 is 0 Å². The lowest BCUT2D eigenvalue weighted by molar-refractivity contribution is -0.217. The zero-order chi connectivity index (χ0) is 12.6. The highest BCUT2D eigenvalue weighted by Gasteiger charge is 2.44. The first kappa shape index (κ1) is 11.6. The molecule has 3 rings (SSSR count). The van der Waals surface area contributed by atoms with Gasteiger partial charge in [0.05, 0.1) is 19.8 Å². The summed E-state index contributed by atoms with van der Waals surface area (Å²) in [5, 5.41) is 11.4. The summed E-state index contributed by atoms with van der Waals surface area (Å²) in [4.78, 5) is 17.6. The Kier molecular flexibility index (Phi) is 2.81. The number of nitrogens with zero attached hydrogens (tertiary/aromatic N) is 1. The Morgan fingerprint density at radius 1 is 1.33 bits per heavy atom. The molecule has 1 aromatic carbocycles. The van der Waals surface area contributed by atoms with Crippen molar-refractivity contribution in [2.75, 3.05) is 13.2 Å². The van der Waals surface area contributed by atoms with E-state index in [2.05, 4.69) is 0 Å². The van der Waals surface area contributed by atoms with Crippen LogP contribution in [-0.2, 0) is 27.5 Å². The molecule has 1 N–H and O–H groups in total. The Morgan fingerprint density at radius 2 is 2.11 bits per heavy atom. The van der Waals surface area contributed by atoms with Gasteiger partial charge in [0.15, 0.2) is 5.60 Å². The smallest absolute Gasteiger partial charge is 0.280 e. The molecular weight excluding hydrogens is 234 g/mol. The third kappa shape index (κ3) is 1.90. The molecule has 1 aromatic rings. The third-order valence-electron chi connectivity index (χ3n) is 3.43. The summed E-state index contributed by atoms with van der Waals surface area (Å²) in [5.74, 6) is -0.408. The summed E-state index contributed by atoms with van der Waals surface area (Å²) in [6.45, 7) is 1.19. The van der Waals surface area contributed by atoms with Crippen molar-refractivity contribution in [1.29, 1.82) is 0 Å². The molecule has 2 aliphatic heterocycles. The summed E-state index contributed by atoms with van der Waals surface area (Å²) in [5.41, 5.74) is 0.711. The average Bonchev–Trinajstić information content (AvgIpc) is 2.85. The summed E-state index contributed by atoms with van der Waals surface area (Å²) >= 11 is 0. The number of ether oxygens (including phenoxy) is 1. The largest absolute Gasteiger partial charge is 0.378 e. The molecule has 0 saturated carbocycles. The fourth-order valence-electron chi connectivity index (χ4n) is 2.29. The van der Waals surface area contributed by atoms with Crippen molar-refractivity contribution in [1.82, 2.24) is 5.06 Å². The van der Waals surface area contributed by atoms with E-state index in [0.29, 0.717) is 26.2 Å². The first-order valence-corrected chi connectivity index (χ1v) is 6.01. The normalized spacial score (nSPS) is 27.1. The second-order valence-corrected chi connectivity index (χ2v) is 4.72. The molecule has 1 saturated heterocycles. The van der Waals surface area contributed by atoms with Gasteiger partial charge in [-0.1, -0.05) is 24.3 Å². The molecule has 1 atom stereocenters. The molecule has 5 heteroatoms. The number of hydrogen-bond acceptors (Lipinski definition) is 4. The predicted octanol–water partition coefficient (Wildman–Crippen LogP) is 0.612. The molecule has 1 unspecified atom stereocenters. The van der Waals surface area contributed by atoms with Crippen molar-refractivity contribution in [3.63, 3.8) is 0 Å². The maximum Gasteiger partial charge on any atom is 0.280 e. The van der Waals surface area contributed by atoms with Gasteiger partial charge in [0.1, 0.15) is 6.61 Å². The summed E-state index contributed by atoms with van der Waals surface area (Å²) in [6, 6.07) is 7.82. The highest BCUT2D eigenvalue weighted by molar-refractivity contribution is 5.84. The lowest BCUT2D eigenvalue weighted by Gasteiger charge is -2.32. The SMILES string of the molecule is O=C(N1Cc2ccccc2CO1)C1(O)CCOC1. The number of rotatable bonds is 1. The molecule has 1 amide bonds. The van der Waals surface area contributed by atoms with E-state index >= 15 is 0 Å². The number of aliphatic hydroxyl groups is 1. The van der Waals surface area contributed by atoms with Gasteiger partial charge in [-0.2, -0.15) is 0 Å². The molecule has 5 nitrogen and oxygen atoms in total. The molecule has 18 heavy (non-hydrogen) atoms. The minimum atomic E-state index is -1.42. The second-order valence-electron chi connectivity index (χ2n) is 4.72. The maximum atomic E-state index is 12.2. The van der Waals surface area contributed by atoms with E-state index in [1.54, 1.807) is 0 Å². The second kappa shape index (κ2) is 4.35. The fourth-order valence-corrected chi connectivity index (χ4v) is 2.29. The van der Waals surface area contributed by atoms with E-state index in [1.807, 2.05) is 24.3 Å². The first-order valence-electron chi connectivity index (χ1n) is 6.01. The molecule has 2 aliphatic rings. The maximum absolute atomic E-state index is 12.2. The molecule has 2 heterocycles. The third-order valence-corrected chi connectivity index (χ3v) is 3.43. The van der Waals surface area contributed by atoms with Crippen LogP contribution >= 0.6 is 0 Å². The lowest BCUT2D eigenvalue weighted by atomic mass is 10.0. The van der Waals surface area contributed by atoms with Gasteiger partial charge in [-0.25, -0.2) is 5.06 Å². The Bertz CT molecular complexity index is 468. The van der Waals surface area contributed by atoms with Crippen LogP contribution in [0, 0.1) is 0 Å². The van der Waals surface area contributed by atoms with Gasteiger partial charge in [-0.15, -0.1) is 0 Å². The Labute approximate surface area is 105 Å². The van der Waals surface area contributed by atoms with Gasteiger partial charge in [0.25, 0.3) is 5.91 Å². The zero-order valence-electron chi connectivity index (χ0n) is 9.96. The van der Waals surface area contributed by atoms with Crippen LogP contribution in [-0.4, -0.2) is 34.9 Å². The van der Waals surface area contributed by atoms with E-state index in [1.165, 1.54) is 5.06 Å².